The lowest BCUT2D eigenvalue weighted by molar-refractivity contribution is -0.141. The number of likely N-dealkylation sites (N-methyl/N-ethyl adjacent to an activating group) is 1. The van der Waals surface area contributed by atoms with Crippen LogP contribution in [0.5, 0.6) is 0 Å². The fourth-order valence-corrected chi connectivity index (χ4v) is 10.1. The smallest absolute Gasteiger partial charge is 0.259 e. The first kappa shape index (κ1) is 50.2. The zero-order valence-electron chi connectivity index (χ0n) is 39.9. The summed E-state index contributed by atoms with van der Waals surface area (Å²) in [4.78, 5) is 62.2. The second-order valence-corrected chi connectivity index (χ2v) is 19.5. The number of nitrogens with one attached hydrogen (secondary N) is 2. The first-order chi connectivity index (χ1) is 30.6. The predicted octanol–water partition coefficient (Wildman–Crippen LogP) is 7.88. The van der Waals surface area contributed by atoms with Crippen LogP contribution in [-0.4, -0.2) is 113 Å². The molecule has 2 saturated heterocycles. The molecule has 13 nitrogen and oxygen atoms in total. The number of benzene rings is 1. The summed E-state index contributed by atoms with van der Waals surface area (Å²) in [6, 6.07) is 9.80. The number of carbonyl (C=O) groups is 4. The molecule has 5 heterocycles. The highest BCUT2D eigenvalue weighted by atomic mass is 32.1. The first-order valence-corrected chi connectivity index (χ1v) is 23.9. The Hall–Kier alpha value is -4.76. The summed E-state index contributed by atoms with van der Waals surface area (Å²) in [7, 11) is 5.54. The summed E-state index contributed by atoms with van der Waals surface area (Å²) in [5.41, 5.74) is 11.0. The molecule has 3 aromatic heterocycles. The number of nitrogens with zero attached hydrogens (tertiary/aromatic N) is 6. The number of aromatic nitrogens is 3. The van der Waals surface area contributed by atoms with Crippen molar-refractivity contribution in [3.05, 3.63) is 70.8 Å². The van der Waals surface area contributed by atoms with Crippen molar-refractivity contribution in [2.75, 3.05) is 47.4 Å². The van der Waals surface area contributed by atoms with Crippen LogP contribution in [0.2, 0.25) is 0 Å². The van der Waals surface area contributed by atoms with E-state index in [2.05, 4.69) is 86.2 Å². The molecule has 6 rings (SSSR count). The van der Waals surface area contributed by atoms with Gasteiger partial charge in [-0.1, -0.05) is 53.7 Å². The minimum absolute atomic E-state index is 0.0406. The van der Waals surface area contributed by atoms with Crippen LogP contribution in [-0.2, 0) is 43.3 Å². The van der Waals surface area contributed by atoms with E-state index in [0.717, 1.165) is 85.4 Å². The molecular weight excluding hydrogens is 825 g/mol. The number of ether oxygens (including phenoxy) is 1. The molecule has 4 atom stereocenters. The summed E-state index contributed by atoms with van der Waals surface area (Å²) in [6.45, 7) is 22.1. The molecule has 1 aromatic carbocycles. The lowest BCUT2D eigenvalue weighted by Gasteiger charge is -2.33. The Balaban J connectivity index is 0.000000611. The molecule has 2 aliphatic heterocycles. The lowest BCUT2D eigenvalue weighted by atomic mass is 9.80. The Labute approximate surface area is 385 Å². The van der Waals surface area contributed by atoms with Gasteiger partial charge in [-0.25, -0.2) is 10.4 Å². The third kappa shape index (κ3) is 12.1. The van der Waals surface area contributed by atoms with E-state index in [-0.39, 0.29) is 47.1 Å². The number of hydrogen-bond donors (Lipinski definition) is 2. The van der Waals surface area contributed by atoms with E-state index >= 15 is 0 Å². The van der Waals surface area contributed by atoms with Gasteiger partial charge in [-0.3, -0.25) is 29.3 Å². The van der Waals surface area contributed by atoms with Gasteiger partial charge in [-0.05, 0) is 107 Å². The number of hydrogen-bond acceptors (Lipinski definition) is 10. The number of amides is 3. The number of carbonyl (C=O) groups excluding carboxylic acids is 4. The quantitative estimate of drug-likeness (QED) is 0.0754. The topological polar surface area (TPSA) is 142 Å². The van der Waals surface area contributed by atoms with Crippen LogP contribution in [0.15, 0.2) is 54.6 Å². The normalized spacial score (nSPS) is 17.0. The van der Waals surface area contributed by atoms with Crippen LogP contribution in [0.4, 0.5) is 0 Å². The third-order valence-electron chi connectivity index (χ3n) is 12.5. The van der Waals surface area contributed by atoms with Gasteiger partial charge in [0.05, 0.1) is 34.2 Å². The van der Waals surface area contributed by atoms with Gasteiger partial charge < -0.3 is 24.3 Å². The van der Waals surface area contributed by atoms with Gasteiger partial charge in [0.1, 0.15) is 12.3 Å². The van der Waals surface area contributed by atoms with Gasteiger partial charge in [0.2, 0.25) is 11.8 Å². The molecule has 348 valence electrons. The van der Waals surface area contributed by atoms with E-state index < -0.39 is 6.04 Å². The van der Waals surface area contributed by atoms with E-state index in [9.17, 15) is 19.2 Å². The van der Waals surface area contributed by atoms with Crippen molar-refractivity contribution >= 4 is 46.2 Å². The van der Waals surface area contributed by atoms with Gasteiger partial charge in [-0.15, -0.1) is 11.3 Å². The molecule has 0 spiro atoms. The minimum Gasteiger partial charge on any atom is -0.375 e. The highest BCUT2D eigenvalue weighted by molar-refractivity contribution is 7.10. The van der Waals surface area contributed by atoms with Crippen molar-refractivity contribution in [1.29, 1.82) is 0 Å². The highest BCUT2D eigenvalue weighted by Gasteiger charge is 2.33. The largest absolute Gasteiger partial charge is 0.375 e. The molecule has 4 unspecified atom stereocenters. The Morgan fingerprint density at radius 2 is 1.89 bits per heavy atom. The maximum Gasteiger partial charge on any atom is 0.259 e. The Morgan fingerprint density at radius 3 is 2.50 bits per heavy atom. The van der Waals surface area contributed by atoms with Gasteiger partial charge in [-0.2, -0.15) is 0 Å². The lowest BCUT2D eigenvalue weighted by Crippen LogP contribution is -2.58. The molecule has 2 N–H and O–H groups in total. The number of thiazole rings is 1. The Kier molecular flexibility index (Phi) is 18.0. The zero-order chi connectivity index (χ0) is 46.7. The summed E-state index contributed by atoms with van der Waals surface area (Å²) >= 11 is 1.54. The monoisotopic (exact) mass is 897 g/mol. The van der Waals surface area contributed by atoms with Crippen LogP contribution >= 0.6 is 11.3 Å². The molecule has 0 bridgehead atoms. The van der Waals surface area contributed by atoms with E-state index in [1.807, 2.05) is 45.1 Å². The fraction of sp³-hybridized carbons (Fsp3) is 0.560. The van der Waals surface area contributed by atoms with Crippen molar-refractivity contribution in [2.45, 2.75) is 118 Å². The second-order valence-electron chi connectivity index (χ2n) is 18.5. The number of likely N-dealkylation sites (tertiary alicyclic amines) is 1. The molecule has 0 radical (unpaired) electrons. The molecule has 2 fully saturated rings. The number of pyridine rings is 1. The van der Waals surface area contributed by atoms with Crippen molar-refractivity contribution in [3.63, 3.8) is 0 Å². The summed E-state index contributed by atoms with van der Waals surface area (Å²) in [6.07, 6.45) is 10.1. The van der Waals surface area contributed by atoms with E-state index in [4.69, 9.17) is 14.7 Å². The average molecular weight is 897 g/mol. The molecule has 4 aromatic rings. The van der Waals surface area contributed by atoms with E-state index in [1.54, 1.807) is 17.0 Å². The Bertz CT molecular complexity index is 2220. The number of fused-ring (bicyclic) bond motifs is 1. The molecule has 0 saturated carbocycles. The van der Waals surface area contributed by atoms with Crippen LogP contribution < -0.4 is 10.7 Å². The van der Waals surface area contributed by atoms with Crippen LogP contribution in [0.3, 0.4) is 0 Å². The van der Waals surface area contributed by atoms with Crippen molar-refractivity contribution in [2.24, 2.45) is 17.3 Å². The Morgan fingerprint density at radius 1 is 1.12 bits per heavy atom. The van der Waals surface area contributed by atoms with Gasteiger partial charge in [0.25, 0.3) is 5.91 Å². The molecule has 64 heavy (non-hydrogen) atoms. The summed E-state index contributed by atoms with van der Waals surface area (Å²) in [5, 5.41) is 8.91. The number of rotatable bonds is 18. The van der Waals surface area contributed by atoms with Crippen molar-refractivity contribution < 1.29 is 23.9 Å². The molecule has 2 aliphatic rings. The van der Waals surface area contributed by atoms with Gasteiger partial charge in [0.15, 0.2) is 0 Å². The molecule has 0 aliphatic carbocycles. The molecule has 3 amide bonds. The fourth-order valence-electron chi connectivity index (χ4n) is 9.29. The van der Waals surface area contributed by atoms with Crippen molar-refractivity contribution in [3.8, 4) is 22.5 Å². The highest BCUT2D eigenvalue weighted by Crippen LogP contribution is 2.42. The zero-order valence-corrected chi connectivity index (χ0v) is 40.7. The minimum atomic E-state index is -0.729. The average Bonchev–Trinajstić information content (AvgIpc) is 4.03. The first-order valence-electron chi connectivity index (χ1n) is 23.0. The van der Waals surface area contributed by atoms with Crippen LogP contribution in [0.1, 0.15) is 103 Å². The number of methoxy groups -OCH3 is 1. The molecule has 14 heteroatoms. The van der Waals surface area contributed by atoms with Gasteiger partial charge in [0, 0.05) is 85.8 Å². The summed E-state index contributed by atoms with van der Waals surface area (Å²) in [5.74, 6) is -0.214. The molecular formula is C50H72N8O5S. The third-order valence-corrected chi connectivity index (χ3v) is 13.3. The van der Waals surface area contributed by atoms with Crippen LogP contribution in [0.25, 0.3) is 33.4 Å². The summed E-state index contributed by atoms with van der Waals surface area (Å²) < 4.78 is 8.23. The predicted molar refractivity (Wildman–Crippen MR) is 258 cm³/mol. The SMILES string of the molecule is C=CC(=O)N1CCC(C=O)C1.CCCC(C)(C)Cc1c(-c2cccnc2C(C)OC)n(CC)c2ccc(-c3csc(CC(NC(=O)C(C(C)C)N(C)C)C(=O)N4CCCCN4)n3)cc12. The van der Waals surface area contributed by atoms with E-state index in [0.29, 0.717) is 26.1 Å². The maximum atomic E-state index is 13.9. The number of aryl methyl sites for hydroxylation is 1. The van der Waals surface area contributed by atoms with Crippen LogP contribution in [0, 0.1) is 17.3 Å². The maximum absolute atomic E-state index is 13.9. The van der Waals surface area contributed by atoms with E-state index in [1.165, 1.54) is 39.6 Å². The van der Waals surface area contributed by atoms with Crippen molar-refractivity contribution in [1.82, 2.24) is 40.1 Å². The second kappa shape index (κ2) is 22.9. The van der Waals surface area contributed by atoms with Gasteiger partial charge >= 0.3 is 0 Å². The number of aldehydes is 1. The number of hydrazine groups is 1. The standard InChI is InChI=1S/C42H61N7O3S.C8H11NO2/c1-11-19-42(6,7)25-32-31-23-29(17-18-35(31)48(12-2)39(32)30-16-15-20-43-37(30)28(5)52-10)34-26-53-36(45-34)24-33(41(51)49-22-14-13-21-44-49)46-40(50)38(27(3)4)47(8)9;1-2-8(11)9-4-3-7(5-9)6-10/h15-18,20,23,26-28,33,38,44H,11-14,19,21-22,24-25H2,1-10H3,(H,46,50);2,6-7H,1,3-5H2.